The molecule has 1 aromatic rings. The predicted molar refractivity (Wildman–Crippen MR) is 79.1 cm³/mol. The Balaban J connectivity index is 0.00000484. The number of halogens is 3. The number of pyridine rings is 1. The SMILES string of the molecule is C=C(CN(Cc1ccncc1)C(=O)OC(C)(C)C)[B-](F)(F)F.[K+]. The van der Waals surface area contributed by atoms with Crippen LogP contribution in [0.2, 0.25) is 0 Å². The number of nitrogens with zero attached hydrogens (tertiary/aromatic N) is 2. The fourth-order valence-electron chi connectivity index (χ4n) is 1.57. The zero-order valence-corrected chi connectivity index (χ0v) is 17.0. The fraction of sp³-hybridized carbons (Fsp3) is 0.429. The molecule has 0 fully saturated rings. The van der Waals surface area contributed by atoms with Gasteiger partial charge in [0, 0.05) is 25.5 Å². The van der Waals surface area contributed by atoms with Crippen molar-refractivity contribution < 1.29 is 73.9 Å². The van der Waals surface area contributed by atoms with Gasteiger partial charge in [-0.2, -0.15) is 0 Å². The third-order valence-corrected chi connectivity index (χ3v) is 2.63. The second kappa shape index (κ2) is 9.22. The summed E-state index contributed by atoms with van der Waals surface area (Å²) in [4.78, 5) is 16.9. The summed E-state index contributed by atoms with van der Waals surface area (Å²) in [5.74, 6) is 0. The van der Waals surface area contributed by atoms with Crippen LogP contribution in [0.3, 0.4) is 0 Å². The van der Waals surface area contributed by atoms with Crippen molar-refractivity contribution in [2.45, 2.75) is 32.9 Å². The van der Waals surface area contributed by atoms with E-state index < -0.39 is 30.7 Å². The van der Waals surface area contributed by atoms with E-state index in [1.54, 1.807) is 32.9 Å². The van der Waals surface area contributed by atoms with Crippen molar-refractivity contribution in [3.8, 4) is 0 Å². The van der Waals surface area contributed by atoms with E-state index in [4.69, 9.17) is 4.74 Å². The van der Waals surface area contributed by atoms with Crippen LogP contribution >= 0.6 is 0 Å². The van der Waals surface area contributed by atoms with Gasteiger partial charge in [-0.25, -0.2) is 4.79 Å². The molecular weight excluding hydrogens is 335 g/mol. The van der Waals surface area contributed by atoms with Gasteiger partial charge >= 0.3 is 64.5 Å². The Kier molecular flexibility index (Phi) is 9.08. The van der Waals surface area contributed by atoms with Crippen molar-refractivity contribution in [3.63, 3.8) is 0 Å². The van der Waals surface area contributed by atoms with Crippen LogP contribution in [0, 0.1) is 0 Å². The van der Waals surface area contributed by atoms with Crippen LogP contribution in [0.5, 0.6) is 0 Å². The Morgan fingerprint density at radius 3 is 2.26 bits per heavy atom. The zero-order chi connectivity index (χ0) is 17.0. The van der Waals surface area contributed by atoms with Crippen LogP contribution in [0.4, 0.5) is 17.7 Å². The molecule has 0 unspecified atom stereocenters. The van der Waals surface area contributed by atoms with Gasteiger partial charge in [0.25, 0.3) is 0 Å². The predicted octanol–water partition coefficient (Wildman–Crippen LogP) is 0.766. The van der Waals surface area contributed by atoms with E-state index in [1.165, 1.54) is 12.4 Å². The Labute approximate surface area is 177 Å². The molecule has 0 aliphatic carbocycles. The summed E-state index contributed by atoms with van der Waals surface area (Å²) in [5.41, 5.74) is -1.08. The number of amides is 1. The number of hydrogen-bond donors (Lipinski definition) is 0. The number of ether oxygens (including phenoxy) is 1. The zero-order valence-electron chi connectivity index (χ0n) is 13.9. The smallest absolute Gasteiger partial charge is 0.445 e. The van der Waals surface area contributed by atoms with Gasteiger partial charge in [-0.1, -0.05) is 0 Å². The molecule has 0 saturated heterocycles. The summed E-state index contributed by atoms with van der Waals surface area (Å²) < 4.78 is 43.3. The van der Waals surface area contributed by atoms with E-state index >= 15 is 0 Å². The van der Waals surface area contributed by atoms with E-state index in [1.807, 2.05) is 0 Å². The standard InChI is InChI=1S/C14H19BF3N2O2.K/c1-11(15(16,17)18)9-20(13(21)22-14(2,3)4)10-12-5-7-19-8-6-12;/h5-8H,1,9-10H2,2-4H3;/q-1;+1. The van der Waals surface area contributed by atoms with E-state index in [0.717, 1.165) is 4.90 Å². The second-order valence-corrected chi connectivity index (χ2v) is 5.92. The maximum absolute atomic E-state index is 12.7. The van der Waals surface area contributed by atoms with Crippen LogP contribution in [-0.2, 0) is 11.3 Å². The normalized spacial score (nSPS) is 11.4. The van der Waals surface area contributed by atoms with Crippen molar-refractivity contribution in [2.24, 2.45) is 0 Å². The van der Waals surface area contributed by atoms with E-state index in [2.05, 4.69) is 11.6 Å². The van der Waals surface area contributed by atoms with E-state index in [-0.39, 0.29) is 57.9 Å². The molecule has 0 aliphatic heterocycles. The second-order valence-electron chi connectivity index (χ2n) is 5.92. The third kappa shape index (κ3) is 8.90. The fourth-order valence-corrected chi connectivity index (χ4v) is 1.57. The number of aromatic nitrogens is 1. The number of carbonyl (C=O) groups is 1. The third-order valence-electron chi connectivity index (χ3n) is 2.63. The molecule has 0 N–H and O–H groups in total. The molecule has 1 rings (SSSR count). The molecule has 9 heteroatoms. The summed E-state index contributed by atoms with van der Waals surface area (Å²) in [6.45, 7) is 2.14. The molecule has 0 spiro atoms. The molecule has 0 radical (unpaired) electrons. The number of hydrogen-bond acceptors (Lipinski definition) is 3. The molecule has 1 aromatic heterocycles. The van der Waals surface area contributed by atoms with Gasteiger partial charge in [-0.05, 0) is 38.5 Å². The molecule has 0 saturated carbocycles. The van der Waals surface area contributed by atoms with Crippen LogP contribution in [0.1, 0.15) is 26.3 Å². The molecule has 1 heterocycles. The Bertz CT molecular complexity index is 533. The summed E-state index contributed by atoms with van der Waals surface area (Å²) in [7, 11) is 0. The van der Waals surface area contributed by atoms with E-state index in [0.29, 0.717) is 5.56 Å². The van der Waals surface area contributed by atoms with Gasteiger partial charge in [0.1, 0.15) is 5.60 Å². The summed E-state index contributed by atoms with van der Waals surface area (Å²) in [6, 6.07) is 3.25. The molecule has 4 nitrogen and oxygen atoms in total. The topological polar surface area (TPSA) is 42.4 Å². The summed E-state index contributed by atoms with van der Waals surface area (Å²) in [6.07, 6.45) is 2.20. The monoisotopic (exact) mass is 354 g/mol. The largest absolute Gasteiger partial charge is 1.00 e. The average Bonchev–Trinajstić information content (AvgIpc) is 2.36. The molecule has 0 aromatic carbocycles. The van der Waals surface area contributed by atoms with Gasteiger partial charge in [0.15, 0.2) is 0 Å². The van der Waals surface area contributed by atoms with Crippen molar-refractivity contribution >= 4 is 13.1 Å². The molecule has 0 atom stereocenters. The Hall–Kier alpha value is -0.349. The van der Waals surface area contributed by atoms with Crippen molar-refractivity contribution in [2.75, 3.05) is 6.54 Å². The maximum atomic E-state index is 12.7. The minimum absolute atomic E-state index is 0. The Morgan fingerprint density at radius 2 is 1.83 bits per heavy atom. The van der Waals surface area contributed by atoms with Crippen LogP contribution in [-0.4, -0.2) is 35.1 Å². The number of carbonyl (C=O) groups excluding carboxylic acids is 1. The van der Waals surface area contributed by atoms with Gasteiger partial charge in [-0.15, -0.1) is 12.1 Å². The maximum Gasteiger partial charge on any atom is 1.00 e. The van der Waals surface area contributed by atoms with Crippen molar-refractivity contribution in [3.05, 3.63) is 42.1 Å². The molecule has 122 valence electrons. The molecule has 23 heavy (non-hydrogen) atoms. The van der Waals surface area contributed by atoms with Crippen LogP contribution in [0.15, 0.2) is 36.6 Å². The minimum atomic E-state index is -5.21. The van der Waals surface area contributed by atoms with Gasteiger partial charge in [-0.3, -0.25) is 4.98 Å². The summed E-state index contributed by atoms with van der Waals surface area (Å²) >= 11 is 0. The molecule has 1 amide bonds. The first-order chi connectivity index (χ1) is 9.99. The van der Waals surface area contributed by atoms with Gasteiger partial charge < -0.3 is 22.6 Å². The molecule has 0 aliphatic rings. The Morgan fingerprint density at radius 1 is 1.30 bits per heavy atom. The first-order valence-electron chi connectivity index (χ1n) is 6.73. The first kappa shape index (κ1) is 22.7. The van der Waals surface area contributed by atoms with Crippen LogP contribution < -0.4 is 51.4 Å². The van der Waals surface area contributed by atoms with Crippen molar-refractivity contribution in [1.29, 1.82) is 0 Å². The quantitative estimate of drug-likeness (QED) is 0.734. The molecule has 0 bridgehead atoms. The summed E-state index contributed by atoms with van der Waals surface area (Å²) in [5, 5.41) is 0. The van der Waals surface area contributed by atoms with Gasteiger partial charge in [0.05, 0.1) is 0 Å². The molecular formula is C14H19BF3KN2O2. The van der Waals surface area contributed by atoms with E-state index in [9.17, 15) is 17.7 Å². The number of rotatable bonds is 5. The van der Waals surface area contributed by atoms with Crippen LogP contribution in [0.25, 0.3) is 0 Å². The minimum Gasteiger partial charge on any atom is -0.445 e. The van der Waals surface area contributed by atoms with Gasteiger partial charge in [0.2, 0.25) is 0 Å². The average molecular weight is 354 g/mol. The van der Waals surface area contributed by atoms with Crippen molar-refractivity contribution in [1.82, 2.24) is 9.88 Å². The first-order valence-corrected chi connectivity index (χ1v) is 6.73.